The number of likely N-dealkylation sites (N-methyl/N-ethyl adjacent to an activating group) is 1. The maximum atomic E-state index is 5.71. The van der Waals surface area contributed by atoms with Crippen molar-refractivity contribution in [3.8, 4) is 11.5 Å². The molecule has 0 saturated heterocycles. The van der Waals surface area contributed by atoms with E-state index in [9.17, 15) is 0 Å². The third-order valence-electron chi connectivity index (χ3n) is 3.61. The van der Waals surface area contributed by atoms with Crippen LogP contribution in [0.15, 0.2) is 22.7 Å². The molecule has 2 aromatic rings. The molecule has 1 heterocycles. The first-order valence-corrected chi connectivity index (χ1v) is 8.73. The third kappa shape index (κ3) is 5.90. The molecule has 1 atom stereocenters. The van der Waals surface area contributed by atoms with Gasteiger partial charge in [0.15, 0.2) is 17.3 Å². The fourth-order valence-corrected chi connectivity index (χ4v) is 2.19. The Morgan fingerprint density at radius 1 is 1.20 bits per heavy atom. The molecule has 0 amide bonds. The lowest BCUT2D eigenvalue weighted by molar-refractivity contribution is 0.277. The van der Waals surface area contributed by atoms with Crippen LogP contribution in [0.3, 0.4) is 0 Å². The zero-order chi connectivity index (χ0) is 18.1. The van der Waals surface area contributed by atoms with Gasteiger partial charge in [-0.15, -0.1) is 0 Å². The van der Waals surface area contributed by atoms with E-state index in [0.717, 1.165) is 29.9 Å². The molecule has 25 heavy (non-hydrogen) atoms. The van der Waals surface area contributed by atoms with Gasteiger partial charge in [0.2, 0.25) is 0 Å². The van der Waals surface area contributed by atoms with Gasteiger partial charge in [-0.2, -0.15) is 4.98 Å². The van der Waals surface area contributed by atoms with Gasteiger partial charge in [0.1, 0.15) is 0 Å². The third-order valence-corrected chi connectivity index (χ3v) is 3.61. The van der Waals surface area contributed by atoms with Crippen molar-refractivity contribution in [2.75, 3.05) is 20.3 Å². The summed E-state index contributed by atoms with van der Waals surface area (Å²) in [6.07, 6.45) is 5.41. The molecule has 0 spiro atoms. The minimum Gasteiger partial charge on any atom is -0.490 e. The van der Waals surface area contributed by atoms with Crippen LogP contribution in [-0.4, -0.2) is 36.4 Å². The first-order valence-electron chi connectivity index (χ1n) is 8.73. The van der Waals surface area contributed by atoms with E-state index >= 15 is 0 Å². The summed E-state index contributed by atoms with van der Waals surface area (Å²) in [5, 5.41) is 7.14. The average Bonchev–Trinajstić information content (AvgIpc) is 3.06. The van der Waals surface area contributed by atoms with Crippen LogP contribution in [0.4, 0.5) is 0 Å². The lowest BCUT2D eigenvalue weighted by atomic mass is 10.2. The Hall–Kier alpha value is -2.34. The van der Waals surface area contributed by atoms with Gasteiger partial charge in [-0.05, 0) is 51.1 Å². The Kier molecular flexibility index (Phi) is 7.47. The van der Waals surface area contributed by atoms with Gasteiger partial charge in [0.25, 0.3) is 5.89 Å². The Labute approximate surface area is 149 Å². The van der Waals surface area contributed by atoms with E-state index in [1.165, 1.54) is 0 Å². The quantitative estimate of drug-likeness (QED) is 0.710. The van der Waals surface area contributed by atoms with Gasteiger partial charge in [-0.25, -0.2) is 0 Å². The van der Waals surface area contributed by atoms with E-state index in [0.29, 0.717) is 31.0 Å². The highest BCUT2D eigenvalue weighted by Gasteiger charge is 2.08. The van der Waals surface area contributed by atoms with Crippen LogP contribution in [0, 0.1) is 0 Å². The summed E-state index contributed by atoms with van der Waals surface area (Å²) in [6, 6.07) is 6.16. The fourth-order valence-electron chi connectivity index (χ4n) is 2.19. The molecule has 6 heteroatoms. The molecule has 1 aromatic heterocycles. The van der Waals surface area contributed by atoms with Crippen LogP contribution in [0.5, 0.6) is 11.5 Å². The second-order valence-electron chi connectivity index (χ2n) is 5.76. The van der Waals surface area contributed by atoms with Crippen molar-refractivity contribution in [2.45, 2.75) is 39.7 Å². The maximum Gasteiger partial charge on any atom is 0.250 e. The number of nitrogens with zero attached hydrogens (tertiary/aromatic N) is 2. The Balaban J connectivity index is 2.08. The lowest BCUT2D eigenvalue weighted by Crippen LogP contribution is -2.24. The molecule has 136 valence electrons. The van der Waals surface area contributed by atoms with Crippen LogP contribution in [-0.2, 0) is 6.42 Å². The van der Waals surface area contributed by atoms with Crippen LogP contribution < -0.4 is 14.8 Å². The number of aromatic nitrogens is 2. The molecule has 0 fully saturated rings. The number of ether oxygens (including phenoxy) is 2. The zero-order valence-electron chi connectivity index (χ0n) is 15.4. The molecule has 1 N–H and O–H groups in total. The molecule has 6 nitrogen and oxygen atoms in total. The minimum absolute atomic E-state index is 0.304. The lowest BCUT2D eigenvalue weighted by Gasteiger charge is -2.11. The minimum atomic E-state index is 0.304. The molecule has 0 aliphatic rings. The average molecular weight is 345 g/mol. The molecule has 0 radical (unpaired) electrons. The van der Waals surface area contributed by atoms with Gasteiger partial charge >= 0.3 is 0 Å². The van der Waals surface area contributed by atoms with Crippen LogP contribution in [0.2, 0.25) is 0 Å². The Bertz CT molecular complexity index is 682. The number of hydrogen-bond acceptors (Lipinski definition) is 6. The molecule has 0 bridgehead atoms. The van der Waals surface area contributed by atoms with Crippen molar-refractivity contribution in [1.29, 1.82) is 0 Å². The van der Waals surface area contributed by atoms with Crippen molar-refractivity contribution >= 4 is 12.2 Å². The van der Waals surface area contributed by atoms with E-state index in [-0.39, 0.29) is 0 Å². The summed E-state index contributed by atoms with van der Waals surface area (Å²) in [6.45, 7) is 7.37. The first-order chi connectivity index (χ1) is 12.2. The summed E-state index contributed by atoms with van der Waals surface area (Å²) in [7, 11) is 1.91. The van der Waals surface area contributed by atoms with Crippen LogP contribution in [0.1, 0.15) is 44.5 Å². The smallest absolute Gasteiger partial charge is 0.250 e. The fraction of sp³-hybridized carbons (Fsp3) is 0.474. The van der Waals surface area contributed by atoms with E-state index in [1.807, 2.05) is 38.2 Å². The predicted octanol–water partition coefficient (Wildman–Crippen LogP) is 3.58. The topological polar surface area (TPSA) is 69.4 Å². The number of nitrogens with one attached hydrogen (secondary N) is 1. The maximum absolute atomic E-state index is 5.71. The molecule has 1 aromatic carbocycles. The van der Waals surface area contributed by atoms with Crippen molar-refractivity contribution < 1.29 is 14.0 Å². The second-order valence-corrected chi connectivity index (χ2v) is 5.76. The molecule has 2 rings (SSSR count). The van der Waals surface area contributed by atoms with Gasteiger partial charge in [0, 0.05) is 18.5 Å². The number of rotatable bonds is 10. The summed E-state index contributed by atoms with van der Waals surface area (Å²) in [4.78, 5) is 4.37. The summed E-state index contributed by atoms with van der Waals surface area (Å²) >= 11 is 0. The summed E-state index contributed by atoms with van der Waals surface area (Å²) in [5.74, 6) is 2.69. The molecule has 1 unspecified atom stereocenters. The van der Waals surface area contributed by atoms with Crippen molar-refractivity contribution in [3.63, 3.8) is 0 Å². The summed E-state index contributed by atoms with van der Waals surface area (Å²) < 4.78 is 16.6. The van der Waals surface area contributed by atoms with Gasteiger partial charge in [-0.1, -0.05) is 18.1 Å². The van der Waals surface area contributed by atoms with E-state index in [2.05, 4.69) is 29.3 Å². The van der Waals surface area contributed by atoms with E-state index in [4.69, 9.17) is 14.0 Å². The highest BCUT2D eigenvalue weighted by Crippen LogP contribution is 2.29. The highest BCUT2D eigenvalue weighted by atomic mass is 16.5. The standard InChI is InChI=1S/C19H27N3O3/c1-5-11-24-16-9-7-15(13-17(16)23-6-2)8-10-19-21-18(22-25-19)12-14(3)20-4/h7-10,13-14,20H,5-6,11-12H2,1-4H3/b10-8+. The monoisotopic (exact) mass is 345 g/mol. The highest BCUT2D eigenvalue weighted by molar-refractivity contribution is 5.67. The zero-order valence-corrected chi connectivity index (χ0v) is 15.4. The van der Waals surface area contributed by atoms with E-state index in [1.54, 1.807) is 6.08 Å². The van der Waals surface area contributed by atoms with Crippen molar-refractivity contribution in [3.05, 3.63) is 35.5 Å². The molecule has 0 aliphatic heterocycles. The van der Waals surface area contributed by atoms with Crippen LogP contribution in [0.25, 0.3) is 12.2 Å². The van der Waals surface area contributed by atoms with Gasteiger partial charge in [0.05, 0.1) is 13.2 Å². The molecule has 0 aliphatic carbocycles. The predicted molar refractivity (Wildman–Crippen MR) is 98.8 cm³/mol. The molecular weight excluding hydrogens is 318 g/mol. The van der Waals surface area contributed by atoms with E-state index < -0.39 is 0 Å². The van der Waals surface area contributed by atoms with Crippen molar-refractivity contribution in [1.82, 2.24) is 15.5 Å². The molecule has 0 saturated carbocycles. The first kappa shape index (κ1) is 19.0. The SMILES string of the molecule is CCCOc1ccc(/C=C/c2nc(CC(C)NC)no2)cc1OCC. The summed E-state index contributed by atoms with van der Waals surface area (Å²) in [5.41, 5.74) is 0.982. The normalized spacial score (nSPS) is 12.5. The second kappa shape index (κ2) is 9.84. The van der Waals surface area contributed by atoms with Crippen LogP contribution >= 0.6 is 0 Å². The largest absolute Gasteiger partial charge is 0.490 e. The van der Waals surface area contributed by atoms with Gasteiger partial charge in [-0.3, -0.25) is 0 Å². The number of benzene rings is 1. The Morgan fingerprint density at radius 2 is 2.04 bits per heavy atom. The van der Waals surface area contributed by atoms with Gasteiger partial charge < -0.3 is 19.3 Å². The van der Waals surface area contributed by atoms with Crippen molar-refractivity contribution in [2.24, 2.45) is 0 Å². The number of hydrogen-bond donors (Lipinski definition) is 1. The molecular formula is C19H27N3O3. The Morgan fingerprint density at radius 3 is 2.76 bits per heavy atom.